The third-order valence-corrected chi connectivity index (χ3v) is 2.56. The predicted octanol–water partition coefficient (Wildman–Crippen LogP) is 3.68. The number of nitrogens with one attached hydrogen (secondary N) is 1. The van der Waals surface area contributed by atoms with Gasteiger partial charge in [0.1, 0.15) is 11.4 Å². The Morgan fingerprint density at radius 2 is 1.90 bits per heavy atom. The number of amides is 1. The summed E-state index contributed by atoms with van der Waals surface area (Å²) >= 11 is 0. The van der Waals surface area contributed by atoms with Crippen LogP contribution in [0, 0.1) is 0 Å². The molecule has 0 aliphatic rings. The smallest absolute Gasteiger partial charge is 0.413 e. The number of hydrogen-bond donors (Lipinski definition) is 2. The van der Waals surface area contributed by atoms with Gasteiger partial charge in [0.15, 0.2) is 0 Å². The highest BCUT2D eigenvalue weighted by atomic mass is 16.6. The third-order valence-electron chi connectivity index (χ3n) is 2.56. The molecule has 0 fully saturated rings. The molecule has 21 heavy (non-hydrogen) atoms. The fourth-order valence-electron chi connectivity index (χ4n) is 1.77. The van der Waals surface area contributed by atoms with Crippen molar-refractivity contribution in [3.63, 3.8) is 0 Å². The largest absolute Gasteiger partial charge is 0.444 e. The quantitative estimate of drug-likeness (QED) is 0.825. The molecule has 0 aliphatic carbocycles. The van der Waals surface area contributed by atoms with Crippen LogP contribution in [0.4, 0.5) is 16.3 Å². The Balaban J connectivity index is 2.17. The van der Waals surface area contributed by atoms with E-state index in [4.69, 9.17) is 10.5 Å². The van der Waals surface area contributed by atoms with Gasteiger partial charge in [0, 0.05) is 11.3 Å². The van der Waals surface area contributed by atoms with Crippen molar-refractivity contribution in [2.45, 2.75) is 26.4 Å². The van der Waals surface area contributed by atoms with E-state index < -0.39 is 11.7 Å². The maximum Gasteiger partial charge on any atom is 0.413 e. The van der Waals surface area contributed by atoms with Crippen LogP contribution in [0.2, 0.25) is 0 Å². The molecule has 1 heterocycles. The van der Waals surface area contributed by atoms with E-state index in [1.54, 1.807) is 6.07 Å². The second-order valence-electron chi connectivity index (χ2n) is 5.66. The number of pyridine rings is 1. The Morgan fingerprint density at radius 1 is 1.19 bits per heavy atom. The maximum atomic E-state index is 11.7. The van der Waals surface area contributed by atoms with Gasteiger partial charge < -0.3 is 10.5 Å². The molecule has 1 amide bonds. The van der Waals surface area contributed by atoms with Gasteiger partial charge >= 0.3 is 6.09 Å². The molecule has 0 spiro atoms. The number of nitrogen functional groups attached to an aromatic ring is 1. The summed E-state index contributed by atoms with van der Waals surface area (Å²) in [5.41, 5.74) is 7.51. The topological polar surface area (TPSA) is 77.2 Å². The van der Waals surface area contributed by atoms with E-state index in [0.717, 1.165) is 11.3 Å². The number of benzene rings is 1. The van der Waals surface area contributed by atoms with Crippen LogP contribution in [-0.4, -0.2) is 16.7 Å². The van der Waals surface area contributed by atoms with Gasteiger partial charge in [-0.15, -0.1) is 0 Å². The number of nitrogens with zero attached hydrogens (tertiary/aromatic N) is 1. The molecule has 3 N–H and O–H groups in total. The second-order valence-corrected chi connectivity index (χ2v) is 5.66. The molecule has 2 aromatic rings. The summed E-state index contributed by atoms with van der Waals surface area (Å²) in [5, 5.41) is 2.62. The summed E-state index contributed by atoms with van der Waals surface area (Å²) in [7, 11) is 0. The maximum absolute atomic E-state index is 11.7. The zero-order chi connectivity index (χ0) is 15.5. The normalized spacial score (nSPS) is 11.0. The Bertz CT molecular complexity index is 648. The minimum atomic E-state index is -0.546. The lowest BCUT2D eigenvalue weighted by Crippen LogP contribution is -2.27. The van der Waals surface area contributed by atoms with Gasteiger partial charge in [0.2, 0.25) is 0 Å². The standard InChI is InChI=1S/C16H19N3O2/c1-16(2,3)21-15(20)19-14-9-5-8-13(18-14)11-6-4-7-12(17)10-11/h4-10H,17H2,1-3H3,(H,18,19,20). The number of hydrogen-bond acceptors (Lipinski definition) is 4. The fourth-order valence-corrected chi connectivity index (χ4v) is 1.77. The monoisotopic (exact) mass is 285 g/mol. The Hall–Kier alpha value is -2.56. The van der Waals surface area contributed by atoms with E-state index in [2.05, 4.69) is 10.3 Å². The summed E-state index contributed by atoms with van der Waals surface area (Å²) in [5.74, 6) is 0.434. The number of ether oxygens (including phenoxy) is 1. The number of anilines is 2. The number of nitrogens with two attached hydrogens (primary N) is 1. The van der Waals surface area contributed by atoms with Crippen LogP contribution in [0.1, 0.15) is 20.8 Å². The van der Waals surface area contributed by atoms with Crippen LogP contribution < -0.4 is 11.1 Å². The Kier molecular flexibility index (Phi) is 4.12. The number of aromatic nitrogens is 1. The van der Waals surface area contributed by atoms with Crippen LogP contribution >= 0.6 is 0 Å². The lowest BCUT2D eigenvalue weighted by atomic mass is 10.1. The summed E-state index contributed by atoms with van der Waals surface area (Å²) in [6.45, 7) is 5.43. The lowest BCUT2D eigenvalue weighted by molar-refractivity contribution is 0.0635. The number of rotatable bonds is 2. The van der Waals surface area contributed by atoms with Gasteiger partial charge in [-0.25, -0.2) is 9.78 Å². The molecule has 0 saturated carbocycles. The van der Waals surface area contributed by atoms with E-state index in [1.807, 2.05) is 57.2 Å². The molecule has 0 atom stereocenters. The number of carbonyl (C=O) groups is 1. The first-order valence-electron chi connectivity index (χ1n) is 6.66. The average molecular weight is 285 g/mol. The molecule has 5 nitrogen and oxygen atoms in total. The lowest BCUT2D eigenvalue weighted by Gasteiger charge is -2.19. The highest BCUT2D eigenvalue weighted by Gasteiger charge is 2.16. The Labute approximate surface area is 124 Å². The van der Waals surface area contributed by atoms with Gasteiger partial charge in [0.05, 0.1) is 5.69 Å². The molecule has 0 saturated heterocycles. The molecule has 2 rings (SSSR count). The average Bonchev–Trinajstić information content (AvgIpc) is 2.36. The molecular weight excluding hydrogens is 266 g/mol. The minimum Gasteiger partial charge on any atom is -0.444 e. The van der Waals surface area contributed by atoms with Gasteiger partial charge in [-0.2, -0.15) is 0 Å². The molecule has 1 aromatic heterocycles. The molecule has 0 aliphatic heterocycles. The van der Waals surface area contributed by atoms with Crippen molar-refractivity contribution in [2.75, 3.05) is 11.1 Å². The van der Waals surface area contributed by atoms with Gasteiger partial charge in [-0.05, 0) is 45.0 Å². The first kappa shape index (κ1) is 14.8. The van der Waals surface area contributed by atoms with Gasteiger partial charge in [-0.3, -0.25) is 5.32 Å². The predicted molar refractivity (Wildman–Crippen MR) is 83.9 cm³/mol. The molecule has 110 valence electrons. The van der Waals surface area contributed by atoms with Crippen LogP contribution in [0.15, 0.2) is 42.5 Å². The van der Waals surface area contributed by atoms with E-state index in [0.29, 0.717) is 11.5 Å². The molecular formula is C16H19N3O2. The van der Waals surface area contributed by atoms with Crippen LogP contribution in [0.5, 0.6) is 0 Å². The zero-order valence-corrected chi connectivity index (χ0v) is 12.4. The fraction of sp³-hybridized carbons (Fsp3) is 0.250. The van der Waals surface area contributed by atoms with Crippen molar-refractivity contribution in [1.82, 2.24) is 4.98 Å². The minimum absolute atomic E-state index is 0.434. The molecule has 0 radical (unpaired) electrons. The molecule has 1 aromatic carbocycles. The first-order chi connectivity index (χ1) is 9.83. The van der Waals surface area contributed by atoms with Crippen molar-refractivity contribution < 1.29 is 9.53 Å². The SMILES string of the molecule is CC(C)(C)OC(=O)Nc1cccc(-c2cccc(N)c2)n1. The van der Waals surface area contributed by atoms with E-state index in [9.17, 15) is 4.79 Å². The van der Waals surface area contributed by atoms with Gasteiger partial charge in [-0.1, -0.05) is 18.2 Å². The van der Waals surface area contributed by atoms with Crippen molar-refractivity contribution in [2.24, 2.45) is 0 Å². The summed E-state index contributed by atoms with van der Waals surface area (Å²) in [6.07, 6.45) is -0.528. The van der Waals surface area contributed by atoms with E-state index in [-0.39, 0.29) is 0 Å². The Morgan fingerprint density at radius 3 is 2.57 bits per heavy atom. The molecule has 0 bridgehead atoms. The van der Waals surface area contributed by atoms with Crippen LogP contribution in [0.25, 0.3) is 11.3 Å². The first-order valence-corrected chi connectivity index (χ1v) is 6.66. The molecule has 5 heteroatoms. The van der Waals surface area contributed by atoms with Crippen molar-refractivity contribution in [3.05, 3.63) is 42.5 Å². The van der Waals surface area contributed by atoms with Gasteiger partial charge in [0.25, 0.3) is 0 Å². The second kappa shape index (κ2) is 5.83. The van der Waals surface area contributed by atoms with E-state index in [1.165, 1.54) is 0 Å². The molecule has 0 unspecified atom stereocenters. The third kappa shape index (κ3) is 4.49. The van der Waals surface area contributed by atoms with Crippen LogP contribution in [-0.2, 0) is 4.74 Å². The van der Waals surface area contributed by atoms with Crippen molar-refractivity contribution >= 4 is 17.6 Å². The highest BCUT2D eigenvalue weighted by Crippen LogP contribution is 2.21. The van der Waals surface area contributed by atoms with E-state index >= 15 is 0 Å². The van der Waals surface area contributed by atoms with Crippen LogP contribution in [0.3, 0.4) is 0 Å². The van der Waals surface area contributed by atoms with Crippen molar-refractivity contribution in [1.29, 1.82) is 0 Å². The summed E-state index contributed by atoms with van der Waals surface area (Å²) in [6, 6.07) is 12.8. The summed E-state index contributed by atoms with van der Waals surface area (Å²) < 4.78 is 5.20. The summed E-state index contributed by atoms with van der Waals surface area (Å²) in [4.78, 5) is 16.1. The highest BCUT2D eigenvalue weighted by molar-refractivity contribution is 5.84. The van der Waals surface area contributed by atoms with Crippen molar-refractivity contribution in [3.8, 4) is 11.3 Å². The number of carbonyl (C=O) groups excluding carboxylic acids is 1. The zero-order valence-electron chi connectivity index (χ0n) is 12.4.